The molecule has 0 saturated carbocycles. The second-order valence-corrected chi connectivity index (χ2v) is 7.37. The highest BCUT2D eigenvalue weighted by atomic mass is 32.2. The van der Waals surface area contributed by atoms with Crippen LogP contribution in [0.2, 0.25) is 0 Å². The number of piperidine rings is 1. The smallest absolute Gasteiger partial charge is 0.319 e. The number of anilines is 1. The maximum absolute atomic E-state index is 12.1. The lowest BCUT2D eigenvalue weighted by molar-refractivity contribution is 0.224. The SMILES string of the molecule is O=C(NCCN1CCCCC1)Nc1cccc(Sc2ccccc2)c1. The van der Waals surface area contributed by atoms with Crippen LogP contribution in [-0.4, -0.2) is 37.1 Å². The molecule has 1 fully saturated rings. The highest BCUT2D eigenvalue weighted by Crippen LogP contribution is 2.28. The molecule has 0 spiro atoms. The first-order valence-corrected chi connectivity index (χ1v) is 9.71. The Morgan fingerprint density at radius 3 is 2.52 bits per heavy atom. The number of hydrogen-bond acceptors (Lipinski definition) is 3. The summed E-state index contributed by atoms with van der Waals surface area (Å²) in [5.41, 5.74) is 0.816. The molecule has 1 heterocycles. The van der Waals surface area contributed by atoms with E-state index in [9.17, 15) is 4.79 Å². The third-order valence-corrected chi connectivity index (χ3v) is 5.23. The Balaban J connectivity index is 1.45. The zero-order valence-electron chi connectivity index (χ0n) is 14.4. The van der Waals surface area contributed by atoms with E-state index >= 15 is 0 Å². The van der Waals surface area contributed by atoms with Crippen LogP contribution in [0.1, 0.15) is 19.3 Å². The van der Waals surface area contributed by atoms with Gasteiger partial charge in [-0.15, -0.1) is 0 Å². The summed E-state index contributed by atoms with van der Waals surface area (Å²) in [5, 5.41) is 5.87. The van der Waals surface area contributed by atoms with E-state index in [-0.39, 0.29) is 6.03 Å². The highest BCUT2D eigenvalue weighted by molar-refractivity contribution is 7.99. The molecule has 4 nitrogen and oxygen atoms in total. The number of rotatable bonds is 6. The van der Waals surface area contributed by atoms with E-state index in [2.05, 4.69) is 33.7 Å². The number of benzene rings is 2. The van der Waals surface area contributed by atoms with E-state index in [0.717, 1.165) is 30.2 Å². The number of carbonyl (C=O) groups is 1. The van der Waals surface area contributed by atoms with Gasteiger partial charge in [0.25, 0.3) is 0 Å². The first-order valence-electron chi connectivity index (χ1n) is 8.90. The third-order valence-electron chi connectivity index (χ3n) is 4.23. The minimum atomic E-state index is -0.140. The first kappa shape index (κ1) is 17.8. The predicted octanol–water partition coefficient (Wildman–Crippen LogP) is 4.45. The van der Waals surface area contributed by atoms with Gasteiger partial charge in [0, 0.05) is 28.6 Å². The molecule has 0 radical (unpaired) electrons. The fourth-order valence-corrected chi connectivity index (χ4v) is 3.85. The molecule has 0 bridgehead atoms. The van der Waals surface area contributed by atoms with Crippen molar-refractivity contribution in [3.8, 4) is 0 Å². The summed E-state index contributed by atoms with van der Waals surface area (Å²) >= 11 is 1.69. The number of likely N-dealkylation sites (tertiary alicyclic amines) is 1. The molecule has 0 aromatic heterocycles. The van der Waals surface area contributed by atoms with Crippen molar-refractivity contribution in [3.63, 3.8) is 0 Å². The average Bonchev–Trinajstić information content (AvgIpc) is 2.64. The molecule has 0 atom stereocenters. The number of urea groups is 1. The van der Waals surface area contributed by atoms with E-state index in [4.69, 9.17) is 0 Å². The Labute approximate surface area is 154 Å². The Morgan fingerprint density at radius 2 is 1.72 bits per heavy atom. The molecule has 25 heavy (non-hydrogen) atoms. The van der Waals surface area contributed by atoms with Crippen LogP contribution in [0.4, 0.5) is 10.5 Å². The molecule has 1 aliphatic rings. The number of amides is 2. The van der Waals surface area contributed by atoms with Crippen molar-refractivity contribution in [1.29, 1.82) is 0 Å². The van der Waals surface area contributed by atoms with Crippen LogP contribution in [0.15, 0.2) is 64.4 Å². The molecule has 1 aliphatic heterocycles. The largest absolute Gasteiger partial charge is 0.337 e. The Kier molecular flexibility index (Phi) is 6.77. The van der Waals surface area contributed by atoms with Gasteiger partial charge in [0.2, 0.25) is 0 Å². The minimum Gasteiger partial charge on any atom is -0.337 e. The van der Waals surface area contributed by atoms with Gasteiger partial charge in [-0.3, -0.25) is 0 Å². The summed E-state index contributed by atoms with van der Waals surface area (Å²) in [6.07, 6.45) is 3.89. The van der Waals surface area contributed by atoms with Crippen molar-refractivity contribution >= 4 is 23.5 Å². The molecule has 2 aromatic carbocycles. The van der Waals surface area contributed by atoms with Crippen molar-refractivity contribution in [2.75, 3.05) is 31.5 Å². The van der Waals surface area contributed by atoms with Crippen LogP contribution in [-0.2, 0) is 0 Å². The number of nitrogens with one attached hydrogen (secondary N) is 2. The lowest BCUT2D eigenvalue weighted by Crippen LogP contribution is -2.39. The van der Waals surface area contributed by atoms with E-state index in [1.54, 1.807) is 11.8 Å². The van der Waals surface area contributed by atoms with Crippen molar-refractivity contribution < 1.29 is 4.79 Å². The summed E-state index contributed by atoms with van der Waals surface area (Å²) in [5.74, 6) is 0. The zero-order valence-corrected chi connectivity index (χ0v) is 15.2. The standard InChI is InChI=1S/C20H25N3OS/c24-20(21-12-15-23-13-5-2-6-14-23)22-17-8-7-11-19(16-17)25-18-9-3-1-4-10-18/h1,3-4,7-11,16H,2,5-6,12-15H2,(H2,21,22,24). The molecule has 2 aromatic rings. The molecular weight excluding hydrogens is 330 g/mol. The van der Waals surface area contributed by atoms with Gasteiger partial charge in [0.15, 0.2) is 0 Å². The molecule has 0 unspecified atom stereocenters. The van der Waals surface area contributed by atoms with E-state index in [1.165, 1.54) is 24.2 Å². The van der Waals surface area contributed by atoms with E-state index < -0.39 is 0 Å². The zero-order chi connectivity index (χ0) is 17.3. The Morgan fingerprint density at radius 1 is 0.960 bits per heavy atom. The number of carbonyl (C=O) groups excluding carboxylic acids is 1. The summed E-state index contributed by atoms with van der Waals surface area (Å²) < 4.78 is 0. The van der Waals surface area contributed by atoms with Gasteiger partial charge in [-0.25, -0.2) is 4.79 Å². The topological polar surface area (TPSA) is 44.4 Å². The van der Waals surface area contributed by atoms with Crippen molar-refractivity contribution in [1.82, 2.24) is 10.2 Å². The van der Waals surface area contributed by atoms with E-state index in [1.807, 2.05) is 36.4 Å². The molecule has 3 rings (SSSR count). The molecule has 5 heteroatoms. The second-order valence-electron chi connectivity index (χ2n) is 6.23. The van der Waals surface area contributed by atoms with Crippen LogP contribution in [0.25, 0.3) is 0 Å². The monoisotopic (exact) mass is 355 g/mol. The fraction of sp³-hybridized carbons (Fsp3) is 0.350. The maximum Gasteiger partial charge on any atom is 0.319 e. The third kappa shape index (κ3) is 6.11. The molecule has 2 N–H and O–H groups in total. The van der Waals surface area contributed by atoms with Crippen molar-refractivity contribution in [2.24, 2.45) is 0 Å². The summed E-state index contributed by atoms with van der Waals surface area (Å²) in [4.78, 5) is 16.8. The van der Waals surface area contributed by atoms with Crippen LogP contribution in [0.5, 0.6) is 0 Å². The minimum absolute atomic E-state index is 0.140. The summed E-state index contributed by atoms with van der Waals surface area (Å²) in [6, 6.07) is 18.0. The first-order chi connectivity index (χ1) is 12.3. The fourth-order valence-electron chi connectivity index (χ4n) is 2.95. The molecule has 0 aliphatic carbocycles. The summed E-state index contributed by atoms with van der Waals surface area (Å²) in [6.45, 7) is 3.92. The van der Waals surface area contributed by atoms with Gasteiger partial charge in [-0.1, -0.05) is 42.4 Å². The van der Waals surface area contributed by atoms with Gasteiger partial charge in [-0.05, 0) is 56.3 Å². The van der Waals surface area contributed by atoms with Gasteiger partial charge in [0.05, 0.1) is 0 Å². The van der Waals surface area contributed by atoms with Gasteiger partial charge >= 0.3 is 6.03 Å². The number of nitrogens with zero attached hydrogens (tertiary/aromatic N) is 1. The Bertz CT molecular complexity index is 672. The maximum atomic E-state index is 12.1. The average molecular weight is 356 g/mol. The van der Waals surface area contributed by atoms with Crippen molar-refractivity contribution in [3.05, 3.63) is 54.6 Å². The highest BCUT2D eigenvalue weighted by Gasteiger charge is 2.10. The van der Waals surface area contributed by atoms with Crippen molar-refractivity contribution in [2.45, 2.75) is 29.1 Å². The van der Waals surface area contributed by atoms with Crippen LogP contribution in [0, 0.1) is 0 Å². The van der Waals surface area contributed by atoms with Gasteiger partial charge in [-0.2, -0.15) is 0 Å². The van der Waals surface area contributed by atoms with Gasteiger partial charge in [0.1, 0.15) is 0 Å². The quantitative estimate of drug-likeness (QED) is 0.805. The number of hydrogen-bond donors (Lipinski definition) is 2. The predicted molar refractivity (Wildman–Crippen MR) is 104 cm³/mol. The molecular formula is C20H25N3OS. The Hall–Kier alpha value is -1.98. The molecule has 132 valence electrons. The normalized spacial score (nSPS) is 14.9. The van der Waals surface area contributed by atoms with Crippen LogP contribution in [0.3, 0.4) is 0 Å². The lowest BCUT2D eigenvalue weighted by Gasteiger charge is -2.26. The van der Waals surface area contributed by atoms with Gasteiger partial charge < -0.3 is 15.5 Å². The molecule has 2 amide bonds. The lowest BCUT2D eigenvalue weighted by atomic mass is 10.1. The summed E-state index contributed by atoms with van der Waals surface area (Å²) in [7, 11) is 0. The molecule has 1 saturated heterocycles. The van der Waals surface area contributed by atoms with Crippen LogP contribution >= 0.6 is 11.8 Å². The van der Waals surface area contributed by atoms with E-state index in [0.29, 0.717) is 6.54 Å². The second kappa shape index (κ2) is 9.49. The van der Waals surface area contributed by atoms with Crippen LogP contribution < -0.4 is 10.6 Å².